The molecule has 0 aromatic heterocycles. The van der Waals surface area contributed by atoms with Crippen LogP contribution >= 0.6 is 0 Å². The predicted molar refractivity (Wildman–Crippen MR) is 123 cm³/mol. The number of carbonyl (C=O) groups is 2. The molecule has 0 aliphatic carbocycles. The van der Waals surface area contributed by atoms with E-state index in [0.717, 1.165) is 71.6 Å². The van der Waals surface area contributed by atoms with Gasteiger partial charge in [-0.3, -0.25) is 19.8 Å². The van der Waals surface area contributed by atoms with Crippen molar-refractivity contribution in [3.05, 3.63) is 24.0 Å². The highest BCUT2D eigenvalue weighted by Crippen LogP contribution is 2.25. The van der Waals surface area contributed by atoms with Gasteiger partial charge in [0, 0.05) is 44.3 Å². The lowest BCUT2D eigenvalue weighted by Gasteiger charge is -2.37. The van der Waals surface area contributed by atoms with E-state index >= 15 is 0 Å². The van der Waals surface area contributed by atoms with Crippen LogP contribution in [0.25, 0.3) is 0 Å². The van der Waals surface area contributed by atoms with Crippen LogP contribution in [0.5, 0.6) is 0 Å². The molecule has 8 nitrogen and oxygen atoms in total. The zero-order valence-corrected chi connectivity index (χ0v) is 18.7. The summed E-state index contributed by atoms with van der Waals surface area (Å²) < 4.78 is 14.8. The van der Waals surface area contributed by atoms with Crippen LogP contribution in [0.2, 0.25) is 0 Å². The van der Waals surface area contributed by atoms with E-state index < -0.39 is 6.04 Å². The molecule has 3 saturated heterocycles. The van der Waals surface area contributed by atoms with Gasteiger partial charge in [-0.15, -0.1) is 0 Å². The fraction of sp³-hybridized carbons (Fsp3) is 0.652. The Morgan fingerprint density at radius 1 is 1.00 bits per heavy atom. The molecule has 3 aliphatic rings. The van der Waals surface area contributed by atoms with E-state index in [-0.39, 0.29) is 17.6 Å². The van der Waals surface area contributed by atoms with Gasteiger partial charge in [0.2, 0.25) is 11.8 Å². The third kappa shape index (κ3) is 5.96. The van der Waals surface area contributed by atoms with Gasteiger partial charge >= 0.3 is 0 Å². The minimum Gasteiger partial charge on any atom is -0.374 e. The standard InChI is InChI=1S/C23H35FN6O2/c24-19-16-18(26-20-3-5-22(31)27-23(20)32)2-4-21(19)30-14-12-29(13-15-30)9-1-8-28-10-6-17(25)7-11-28/h2,4,16-17,20,26H,1,3,5-15,25H2,(H,27,31,32). The number of piperidine rings is 2. The molecular formula is C23H35FN6O2. The Hall–Kier alpha value is -2.23. The number of hydrogen-bond donors (Lipinski definition) is 3. The Labute approximate surface area is 189 Å². The molecule has 1 unspecified atom stereocenters. The number of imide groups is 1. The maximum atomic E-state index is 14.8. The van der Waals surface area contributed by atoms with Gasteiger partial charge < -0.3 is 20.9 Å². The van der Waals surface area contributed by atoms with E-state index in [1.54, 1.807) is 12.1 Å². The zero-order chi connectivity index (χ0) is 22.5. The first-order chi connectivity index (χ1) is 15.5. The highest BCUT2D eigenvalue weighted by molar-refractivity contribution is 6.01. The second kappa shape index (κ2) is 10.6. The fourth-order valence-corrected chi connectivity index (χ4v) is 4.79. The van der Waals surface area contributed by atoms with Crippen molar-refractivity contribution >= 4 is 23.2 Å². The summed E-state index contributed by atoms with van der Waals surface area (Å²) in [5.41, 5.74) is 7.13. The first-order valence-corrected chi connectivity index (χ1v) is 11.8. The minimum absolute atomic E-state index is 0.259. The predicted octanol–water partition coefficient (Wildman–Crippen LogP) is 0.978. The number of halogens is 1. The number of nitrogens with zero attached hydrogens (tertiary/aromatic N) is 3. The highest BCUT2D eigenvalue weighted by atomic mass is 19.1. The number of piperazine rings is 1. The lowest BCUT2D eigenvalue weighted by molar-refractivity contribution is -0.133. The Bertz CT molecular complexity index is 806. The van der Waals surface area contributed by atoms with E-state index in [9.17, 15) is 14.0 Å². The minimum atomic E-state index is -0.511. The third-order valence-electron chi connectivity index (χ3n) is 6.82. The van der Waals surface area contributed by atoms with E-state index in [1.807, 2.05) is 0 Å². The van der Waals surface area contributed by atoms with Gasteiger partial charge in [0.1, 0.15) is 11.9 Å². The van der Waals surface area contributed by atoms with Crippen molar-refractivity contribution in [2.45, 2.75) is 44.2 Å². The summed E-state index contributed by atoms with van der Waals surface area (Å²) in [5, 5.41) is 5.35. The average molecular weight is 447 g/mol. The molecule has 1 atom stereocenters. The van der Waals surface area contributed by atoms with Crippen LogP contribution in [0.1, 0.15) is 32.1 Å². The smallest absolute Gasteiger partial charge is 0.249 e. The molecule has 9 heteroatoms. The van der Waals surface area contributed by atoms with E-state index in [1.165, 1.54) is 6.07 Å². The van der Waals surface area contributed by atoms with Gasteiger partial charge in [-0.2, -0.15) is 0 Å². The van der Waals surface area contributed by atoms with E-state index in [4.69, 9.17) is 5.73 Å². The molecule has 0 radical (unpaired) electrons. The maximum Gasteiger partial charge on any atom is 0.249 e. The summed E-state index contributed by atoms with van der Waals surface area (Å²) in [6.45, 7) is 7.90. The molecule has 3 aliphatic heterocycles. The quantitative estimate of drug-likeness (QED) is 0.538. The van der Waals surface area contributed by atoms with Crippen molar-refractivity contribution in [3.8, 4) is 0 Å². The number of nitrogens with one attached hydrogen (secondary N) is 2. The van der Waals surface area contributed by atoms with Gasteiger partial charge in [0.25, 0.3) is 0 Å². The highest BCUT2D eigenvalue weighted by Gasteiger charge is 2.27. The average Bonchev–Trinajstić information content (AvgIpc) is 2.78. The van der Waals surface area contributed by atoms with Crippen LogP contribution in [0.3, 0.4) is 0 Å². The molecule has 32 heavy (non-hydrogen) atoms. The topological polar surface area (TPSA) is 93.9 Å². The Balaban J connectivity index is 1.21. The van der Waals surface area contributed by atoms with Crippen LogP contribution in [0.4, 0.5) is 15.8 Å². The normalized spacial score (nSPS) is 23.9. The van der Waals surface area contributed by atoms with Crippen molar-refractivity contribution in [2.24, 2.45) is 5.73 Å². The zero-order valence-electron chi connectivity index (χ0n) is 18.7. The Morgan fingerprint density at radius 2 is 1.69 bits per heavy atom. The lowest BCUT2D eigenvalue weighted by Crippen LogP contribution is -2.48. The fourth-order valence-electron chi connectivity index (χ4n) is 4.79. The molecule has 176 valence electrons. The van der Waals surface area contributed by atoms with Crippen LogP contribution in [-0.4, -0.2) is 86.1 Å². The van der Waals surface area contributed by atoms with Gasteiger partial charge in [-0.1, -0.05) is 0 Å². The molecular weight excluding hydrogens is 411 g/mol. The molecule has 3 heterocycles. The molecule has 4 N–H and O–H groups in total. The number of amides is 2. The SMILES string of the molecule is NC1CCN(CCCN2CCN(c3ccc(NC4CCC(=O)NC4=O)cc3F)CC2)CC1. The van der Waals surface area contributed by atoms with Crippen molar-refractivity contribution in [2.75, 3.05) is 62.6 Å². The van der Waals surface area contributed by atoms with E-state index in [2.05, 4.69) is 25.3 Å². The molecule has 0 saturated carbocycles. The molecule has 2 amide bonds. The number of nitrogens with two attached hydrogens (primary N) is 1. The molecule has 4 rings (SSSR count). The molecule has 1 aromatic rings. The van der Waals surface area contributed by atoms with Crippen LogP contribution < -0.4 is 21.3 Å². The molecule has 0 spiro atoms. The summed E-state index contributed by atoms with van der Waals surface area (Å²) in [5.74, 6) is -0.908. The van der Waals surface area contributed by atoms with Gasteiger partial charge in [-0.25, -0.2) is 4.39 Å². The van der Waals surface area contributed by atoms with Crippen LogP contribution in [-0.2, 0) is 9.59 Å². The van der Waals surface area contributed by atoms with Crippen molar-refractivity contribution in [1.29, 1.82) is 0 Å². The first kappa shape index (κ1) is 22.9. The number of hydrogen-bond acceptors (Lipinski definition) is 7. The third-order valence-corrected chi connectivity index (χ3v) is 6.82. The number of rotatable bonds is 7. The van der Waals surface area contributed by atoms with Crippen LogP contribution in [0, 0.1) is 5.82 Å². The Morgan fingerprint density at radius 3 is 2.34 bits per heavy atom. The van der Waals surface area contributed by atoms with Crippen molar-refractivity contribution in [1.82, 2.24) is 15.1 Å². The van der Waals surface area contributed by atoms with Crippen LogP contribution in [0.15, 0.2) is 18.2 Å². The van der Waals surface area contributed by atoms with Crippen molar-refractivity contribution in [3.63, 3.8) is 0 Å². The number of carbonyl (C=O) groups excluding carboxylic acids is 2. The summed E-state index contributed by atoms with van der Waals surface area (Å²) in [7, 11) is 0. The van der Waals surface area contributed by atoms with Gasteiger partial charge in [0.15, 0.2) is 0 Å². The summed E-state index contributed by atoms with van der Waals surface area (Å²) >= 11 is 0. The first-order valence-electron chi connectivity index (χ1n) is 11.8. The largest absolute Gasteiger partial charge is 0.374 e. The second-order valence-electron chi connectivity index (χ2n) is 9.18. The summed E-state index contributed by atoms with van der Waals surface area (Å²) in [4.78, 5) is 30.2. The summed E-state index contributed by atoms with van der Waals surface area (Å²) in [6, 6.07) is 4.89. The molecule has 1 aromatic carbocycles. The maximum absolute atomic E-state index is 14.8. The second-order valence-corrected chi connectivity index (χ2v) is 9.18. The Kier molecular flexibility index (Phi) is 7.59. The van der Waals surface area contributed by atoms with E-state index in [0.29, 0.717) is 30.3 Å². The number of likely N-dealkylation sites (tertiary alicyclic amines) is 1. The number of benzene rings is 1. The summed E-state index contributed by atoms with van der Waals surface area (Å²) in [6.07, 6.45) is 4.07. The van der Waals surface area contributed by atoms with Gasteiger partial charge in [0.05, 0.1) is 5.69 Å². The molecule has 3 fully saturated rings. The monoisotopic (exact) mass is 446 g/mol. The van der Waals surface area contributed by atoms with Crippen molar-refractivity contribution < 1.29 is 14.0 Å². The van der Waals surface area contributed by atoms with Gasteiger partial charge in [-0.05, 0) is 70.1 Å². The number of anilines is 2. The molecule has 0 bridgehead atoms. The lowest BCUT2D eigenvalue weighted by atomic mass is 10.1.